The van der Waals surface area contributed by atoms with Gasteiger partial charge in [0.2, 0.25) is 0 Å². The predicted molar refractivity (Wildman–Crippen MR) is 115 cm³/mol. The van der Waals surface area contributed by atoms with Crippen molar-refractivity contribution < 1.29 is 44.5 Å². The first-order valence-electron chi connectivity index (χ1n) is 11.1. The fourth-order valence-corrected chi connectivity index (χ4v) is 3.73. The molecule has 1 heterocycles. The molecule has 9 nitrogen and oxygen atoms in total. The molecule has 0 spiro atoms. The zero-order chi connectivity index (χ0) is 23.7. The van der Waals surface area contributed by atoms with Gasteiger partial charge in [-0.25, -0.2) is 0 Å². The second-order valence-corrected chi connectivity index (χ2v) is 8.20. The molecule has 0 bridgehead atoms. The molecule has 9 heteroatoms. The third-order valence-corrected chi connectivity index (χ3v) is 5.70. The number of hydrogen-bond acceptors (Lipinski definition) is 9. The van der Waals surface area contributed by atoms with Gasteiger partial charge in [-0.3, -0.25) is 4.79 Å². The van der Waals surface area contributed by atoms with Crippen LogP contribution in [0.15, 0.2) is 18.2 Å². The van der Waals surface area contributed by atoms with Crippen molar-refractivity contribution in [1.82, 2.24) is 0 Å². The predicted octanol–water partition coefficient (Wildman–Crippen LogP) is 1.06. The van der Waals surface area contributed by atoms with Gasteiger partial charge in [-0.2, -0.15) is 0 Å². The number of hydrogen-bond donors (Lipinski definition) is 5. The quantitative estimate of drug-likeness (QED) is 0.275. The fourth-order valence-electron chi connectivity index (χ4n) is 3.73. The van der Waals surface area contributed by atoms with Crippen LogP contribution in [0.1, 0.15) is 51.0 Å². The Kier molecular flexibility index (Phi) is 10.8. The van der Waals surface area contributed by atoms with E-state index in [4.69, 9.17) is 14.2 Å². The first-order valence-corrected chi connectivity index (χ1v) is 11.1. The van der Waals surface area contributed by atoms with Gasteiger partial charge in [-0.15, -0.1) is 0 Å². The Labute approximate surface area is 188 Å². The van der Waals surface area contributed by atoms with Crippen LogP contribution in [0.25, 0.3) is 0 Å². The average Bonchev–Trinajstić information content (AvgIpc) is 2.78. The third-order valence-electron chi connectivity index (χ3n) is 5.70. The number of ketones is 1. The molecule has 0 radical (unpaired) electrons. The summed E-state index contributed by atoms with van der Waals surface area (Å²) in [6.07, 6.45) is -3.17. The molecule has 0 saturated carbocycles. The summed E-state index contributed by atoms with van der Waals surface area (Å²) in [5.74, 6) is 0.341. The van der Waals surface area contributed by atoms with E-state index in [0.717, 1.165) is 24.8 Å². The van der Waals surface area contributed by atoms with E-state index >= 15 is 0 Å². The smallest absolute Gasteiger partial charge is 0.186 e. The lowest BCUT2D eigenvalue weighted by Crippen LogP contribution is -2.59. The molecule has 182 valence electrons. The summed E-state index contributed by atoms with van der Waals surface area (Å²) in [5, 5.41) is 49.2. The summed E-state index contributed by atoms with van der Waals surface area (Å²) in [5.41, 5.74) is 0.852. The molecule has 1 aliphatic heterocycles. The molecule has 1 saturated heterocycles. The zero-order valence-electron chi connectivity index (χ0n) is 18.7. The van der Waals surface area contributed by atoms with E-state index in [9.17, 15) is 30.3 Å². The third kappa shape index (κ3) is 7.40. The highest BCUT2D eigenvalue weighted by Crippen LogP contribution is 2.28. The molecule has 5 unspecified atom stereocenters. The number of aryl methyl sites for hydroxylation is 1. The summed E-state index contributed by atoms with van der Waals surface area (Å²) in [6.45, 7) is 1.52. The summed E-state index contributed by atoms with van der Waals surface area (Å²) >= 11 is 0. The number of carbonyl (C=O) groups excluding carboxylic acids is 1. The Balaban J connectivity index is 1.97. The number of phenols is 1. The number of aliphatic hydroxyl groups excluding tert-OH is 4. The number of phenolic OH excluding ortho intramolecular Hbond substituents is 1. The minimum atomic E-state index is -1.53. The topological polar surface area (TPSA) is 146 Å². The van der Waals surface area contributed by atoms with Crippen molar-refractivity contribution in [1.29, 1.82) is 0 Å². The van der Waals surface area contributed by atoms with Gasteiger partial charge >= 0.3 is 0 Å². The molecule has 1 aromatic carbocycles. The Morgan fingerprint density at radius 3 is 2.56 bits per heavy atom. The van der Waals surface area contributed by atoms with E-state index in [2.05, 4.69) is 6.92 Å². The highest BCUT2D eigenvalue weighted by molar-refractivity contribution is 5.79. The number of Topliss-reactive ketones (excluding diaryl/α,β-unsaturated/α-hetero) is 1. The SMILES string of the molecule is CCCCC[C@@H](CC(=O)CCc1ccc(O)c(OC)c1)OC1OC(CO)C(O)C(O)C1O. The maximum absolute atomic E-state index is 12.6. The minimum Gasteiger partial charge on any atom is -0.504 e. The van der Waals surface area contributed by atoms with E-state index in [-0.39, 0.29) is 24.4 Å². The van der Waals surface area contributed by atoms with Crippen molar-refractivity contribution in [3.63, 3.8) is 0 Å². The highest BCUT2D eigenvalue weighted by atomic mass is 16.7. The number of unbranched alkanes of at least 4 members (excludes halogenated alkanes) is 2. The van der Waals surface area contributed by atoms with Crippen LogP contribution in [-0.2, 0) is 20.7 Å². The second kappa shape index (κ2) is 13.1. The monoisotopic (exact) mass is 456 g/mol. The van der Waals surface area contributed by atoms with Crippen molar-refractivity contribution in [3.05, 3.63) is 23.8 Å². The van der Waals surface area contributed by atoms with Gasteiger partial charge in [0.15, 0.2) is 17.8 Å². The molecule has 2 rings (SSSR count). The molecule has 5 N–H and O–H groups in total. The van der Waals surface area contributed by atoms with Crippen molar-refractivity contribution in [3.8, 4) is 11.5 Å². The Hall–Kier alpha value is -1.75. The van der Waals surface area contributed by atoms with Crippen LogP contribution in [0.2, 0.25) is 0 Å². The number of benzene rings is 1. The van der Waals surface area contributed by atoms with Gasteiger partial charge in [0.1, 0.15) is 30.2 Å². The molecule has 0 aromatic heterocycles. The zero-order valence-corrected chi connectivity index (χ0v) is 18.7. The summed E-state index contributed by atoms with van der Waals surface area (Å²) in [7, 11) is 1.46. The van der Waals surface area contributed by atoms with Gasteiger partial charge in [-0.1, -0.05) is 32.3 Å². The van der Waals surface area contributed by atoms with E-state index in [1.165, 1.54) is 13.2 Å². The van der Waals surface area contributed by atoms with E-state index in [1.807, 2.05) is 0 Å². The molecule has 1 fully saturated rings. The maximum Gasteiger partial charge on any atom is 0.186 e. The second-order valence-electron chi connectivity index (χ2n) is 8.20. The van der Waals surface area contributed by atoms with E-state index in [0.29, 0.717) is 18.6 Å². The van der Waals surface area contributed by atoms with Crippen LogP contribution in [0.5, 0.6) is 11.5 Å². The lowest BCUT2D eigenvalue weighted by molar-refractivity contribution is -0.311. The lowest BCUT2D eigenvalue weighted by atomic mass is 9.98. The molecular weight excluding hydrogens is 420 g/mol. The van der Waals surface area contributed by atoms with Crippen LogP contribution in [0, 0.1) is 0 Å². The minimum absolute atomic E-state index is 0.0338. The van der Waals surface area contributed by atoms with E-state index in [1.54, 1.807) is 12.1 Å². The van der Waals surface area contributed by atoms with Crippen molar-refractivity contribution >= 4 is 5.78 Å². The summed E-state index contributed by atoms with van der Waals surface area (Å²) in [6, 6.07) is 4.94. The Morgan fingerprint density at radius 1 is 1.16 bits per heavy atom. The molecule has 1 aliphatic rings. The van der Waals surface area contributed by atoms with Crippen molar-refractivity contribution in [2.45, 2.75) is 88.7 Å². The fraction of sp³-hybridized carbons (Fsp3) is 0.696. The van der Waals surface area contributed by atoms with Crippen LogP contribution in [0.4, 0.5) is 0 Å². The number of rotatable bonds is 13. The lowest BCUT2D eigenvalue weighted by Gasteiger charge is -2.40. The number of aliphatic hydroxyl groups is 4. The van der Waals surface area contributed by atoms with E-state index < -0.39 is 43.4 Å². The first-order chi connectivity index (χ1) is 15.3. The van der Waals surface area contributed by atoms with Crippen LogP contribution in [0.3, 0.4) is 0 Å². The Bertz CT molecular complexity index is 709. The van der Waals surface area contributed by atoms with Gasteiger partial charge in [0, 0.05) is 12.8 Å². The number of aromatic hydroxyl groups is 1. The molecule has 6 atom stereocenters. The molecule has 0 amide bonds. The van der Waals surface area contributed by atoms with Crippen LogP contribution >= 0.6 is 0 Å². The van der Waals surface area contributed by atoms with Gasteiger partial charge in [-0.05, 0) is 30.5 Å². The molecular formula is C23H36O9. The van der Waals surface area contributed by atoms with Crippen LogP contribution in [-0.4, -0.2) is 81.8 Å². The molecule has 0 aliphatic carbocycles. The maximum atomic E-state index is 12.6. The normalized spacial score (nSPS) is 26.6. The standard InChI is InChI=1S/C23H36O9/c1-3-4-5-6-16(31-23-22(29)21(28)20(27)19(13-24)32-23)12-15(25)9-7-14-8-10-17(26)18(11-14)30-2/h8,10-11,16,19-24,26-29H,3-7,9,12-13H2,1-2H3/t16-,19?,20?,21?,22?,23?/m0/s1. The molecule has 32 heavy (non-hydrogen) atoms. The van der Waals surface area contributed by atoms with Crippen molar-refractivity contribution in [2.24, 2.45) is 0 Å². The highest BCUT2D eigenvalue weighted by Gasteiger charge is 2.44. The van der Waals surface area contributed by atoms with Gasteiger partial charge in [0.25, 0.3) is 0 Å². The first kappa shape index (κ1) is 26.5. The van der Waals surface area contributed by atoms with Gasteiger partial charge < -0.3 is 39.7 Å². The van der Waals surface area contributed by atoms with Gasteiger partial charge in [0.05, 0.1) is 19.8 Å². The average molecular weight is 457 g/mol. The Morgan fingerprint density at radius 2 is 1.91 bits per heavy atom. The number of ether oxygens (including phenoxy) is 3. The molecule has 1 aromatic rings. The van der Waals surface area contributed by atoms with Crippen molar-refractivity contribution in [2.75, 3.05) is 13.7 Å². The van der Waals surface area contributed by atoms with Crippen LogP contribution < -0.4 is 4.74 Å². The number of methoxy groups -OCH3 is 1. The summed E-state index contributed by atoms with van der Waals surface area (Å²) in [4.78, 5) is 12.6. The number of carbonyl (C=O) groups is 1. The largest absolute Gasteiger partial charge is 0.504 e. The summed E-state index contributed by atoms with van der Waals surface area (Å²) < 4.78 is 16.4.